The summed E-state index contributed by atoms with van der Waals surface area (Å²) in [7, 11) is 0. The Morgan fingerprint density at radius 2 is 1.94 bits per heavy atom. The summed E-state index contributed by atoms with van der Waals surface area (Å²) in [5, 5.41) is 3.49. The first-order valence-corrected chi connectivity index (χ1v) is 6.56. The Labute approximate surface area is 108 Å². The fourth-order valence-electron chi connectivity index (χ4n) is 2.08. The van der Waals surface area contributed by atoms with E-state index in [2.05, 4.69) is 52.3 Å². The Hall–Kier alpha value is -1.77. The number of rotatable bonds is 4. The van der Waals surface area contributed by atoms with Gasteiger partial charge in [0.1, 0.15) is 0 Å². The molecule has 0 unspecified atom stereocenters. The van der Waals surface area contributed by atoms with E-state index in [9.17, 15) is 0 Å². The van der Waals surface area contributed by atoms with E-state index in [-0.39, 0.29) is 0 Å². The summed E-state index contributed by atoms with van der Waals surface area (Å²) in [6, 6.07) is 9.33. The Morgan fingerprint density at radius 1 is 1.22 bits per heavy atom. The van der Waals surface area contributed by atoms with Crippen molar-refractivity contribution in [1.82, 2.24) is 9.55 Å². The normalized spacial score (nSPS) is 14.8. The van der Waals surface area contributed by atoms with Gasteiger partial charge in [0.25, 0.3) is 0 Å². The average Bonchev–Trinajstić information content (AvgIpc) is 3.08. The first kappa shape index (κ1) is 11.3. The number of aromatic nitrogens is 2. The van der Waals surface area contributed by atoms with Gasteiger partial charge in [-0.2, -0.15) is 0 Å². The second-order valence-electron chi connectivity index (χ2n) is 5.24. The molecule has 0 amide bonds. The van der Waals surface area contributed by atoms with Gasteiger partial charge >= 0.3 is 0 Å². The molecule has 0 radical (unpaired) electrons. The molecule has 94 valence electrons. The Bertz CT molecular complexity index is 535. The molecular formula is C15H19N3. The number of nitrogens with zero attached hydrogens (tertiary/aromatic N) is 2. The number of benzene rings is 1. The lowest BCUT2D eigenvalue weighted by molar-refractivity contribution is 0.796. The van der Waals surface area contributed by atoms with E-state index in [4.69, 9.17) is 0 Å². The number of anilines is 1. The predicted octanol–water partition coefficient (Wildman–Crippen LogP) is 3.12. The highest BCUT2D eigenvalue weighted by Crippen LogP contribution is 2.24. The molecule has 1 aliphatic carbocycles. The SMILES string of the molecule is Cc1ccc(Cn2cc(C)nc2NC2CC2)cc1. The third-order valence-electron chi connectivity index (χ3n) is 3.28. The molecule has 0 atom stereocenters. The average molecular weight is 241 g/mol. The molecule has 3 nitrogen and oxygen atoms in total. The number of nitrogens with one attached hydrogen (secondary N) is 1. The van der Waals surface area contributed by atoms with E-state index in [0.717, 1.165) is 18.2 Å². The zero-order chi connectivity index (χ0) is 12.5. The van der Waals surface area contributed by atoms with Gasteiger partial charge in [-0.25, -0.2) is 4.98 Å². The molecule has 1 fully saturated rings. The number of imidazole rings is 1. The summed E-state index contributed by atoms with van der Waals surface area (Å²) in [6.45, 7) is 5.05. The zero-order valence-electron chi connectivity index (χ0n) is 11.0. The number of hydrogen-bond donors (Lipinski definition) is 1. The Balaban J connectivity index is 1.80. The molecule has 1 heterocycles. The van der Waals surface area contributed by atoms with Gasteiger partial charge in [-0.15, -0.1) is 0 Å². The largest absolute Gasteiger partial charge is 0.353 e. The van der Waals surface area contributed by atoms with Gasteiger partial charge in [-0.05, 0) is 32.3 Å². The van der Waals surface area contributed by atoms with E-state index in [1.54, 1.807) is 0 Å². The van der Waals surface area contributed by atoms with Crippen molar-refractivity contribution in [3.63, 3.8) is 0 Å². The molecule has 3 heteroatoms. The first-order chi connectivity index (χ1) is 8.70. The van der Waals surface area contributed by atoms with Crippen molar-refractivity contribution in [1.29, 1.82) is 0 Å². The van der Waals surface area contributed by atoms with Crippen LogP contribution in [0.4, 0.5) is 5.95 Å². The van der Waals surface area contributed by atoms with Crippen molar-refractivity contribution in [2.45, 2.75) is 39.3 Å². The monoisotopic (exact) mass is 241 g/mol. The molecule has 1 aliphatic rings. The van der Waals surface area contributed by atoms with Crippen LogP contribution in [0.5, 0.6) is 0 Å². The third-order valence-corrected chi connectivity index (χ3v) is 3.28. The van der Waals surface area contributed by atoms with Crippen LogP contribution in [0.1, 0.15) is 29.7 Å². The topological polar surface area (TPSA) is 29.9 Å². The van der Waals surface area contributed by atoms with Gasteiger partial charge in [-0.1, -0.05) is 29.8 Å². The van der Waals surface area contributed by atoms with Crippen molar-refractivity contribution < 1.29 is 0 Å². The van der Waals surface area contributed by atoms with E-state index in [1.807, 2.05) is 6.92 Å². The number of aryl methyl sites for hydroxylation is 2. The fraction of sp³-hybridized carbons (Fsp3) is 0.400. The summed E-state index contributed by atoms with van der Waals surface area (Å²) in [5.41, 5.74) is 3.69. The summed E-state index contributed by atoms with van der Waals surface area (Å²) in [5.74, 6) is 1.01. The van der Waals surface area contributed by atoms with Crippen LogP contribution in [-0.4, -0.2) is 15.6 Å². The predicted molar refractivity (Wildman–Crippen MR) is 73.9 cm³/mol. The lowest BCUT2D eigenvalue weighted by atomic mass is 10.1. The fourth-order valence-corrected chi connectivity index (χ4v) is 2.08. The van der Waals surface area contributed by atoms with Crippen molar-refractivity contribution in [3.8, 4) is 0 Å². The van der Waals surface area contributed by atoms with Gasteiger partial charge in [-0.3, -0.25) is 0 Å². The second kappa shape index (κ2) is 4.48. The molecule has 0 aliphatic heterocycles. The molecule has 3 rings (SSSR count). The molecule has 2 aromatic rings. The maximum absolute atomic E-state index is 4.56. The minimum absolute atomic E-state index is 0.642. The van der Waals surface area contributed by atoms with Crippen LogP contribution in [-0.2, 0) is 6.54 Å². The molecule has 1 N–H and O–H groups in total. The van der Waals surface area contributed by atoms with Crippen LogP contribution in [0, 0.1) is 13.8 Å². The molecule has 0 spiro atoms. The molecule has 18 heavy (non-hydrogen) atoms. The van der Waals surface area contributed by atoms with Gasteiger partial charge in [0, 0.05) is 12.2 Å². The summed E-state index contributed by atoms with van der Waals surface area (Å²) < 4.78 is 2.21. The standard InChI is InChI=1S/C15H19N3/c1-11-3-5-13(6-4-11)10-18-9-12(2)16-15(18)17-14-7-8-14/h3-6,9,14H,7-8,10H2,1-2H3,(H,16,17). The smallest absolute Gasteiger partial charge is 0.203 e. The quantitative estimate of drug-likeness (QED) is 0.891. The van der Waals surface area contributed by atoms with Crippen LogP contribution < -0.4 is 5.32 Å². The minimum Gasteiger partial charge on any atom is -0.353 e. The van der Waals surface area contributed by atoms with Crippen molar-refractivity contribution in [3.05, 3.63) is 47.3 Å². The van der Waals surface area contributed by atoms with E-state index < -0.39 is 0 Å². The van der Waals surface area contributed by atoms with Gasteiger partial charge < -0.3 is 9.88 Å². The molecule has 0 bridgehead atoms. The van der Waals surface area contributed by atoms with E-state index in [1.165, 1.54) is 24.0 Å². The van der Waals surface area contributed by atoms with Gasteiger partial charge in [0.15, 0.2) is 0 Å². The van der Waals surface area contributed by atoms with E-state index >= 15 is 0 Å². The van der Waals surface area contributed by atoms with Crippen molar-refractivity contribution in [2.24, 2.45) is 0 Å². The first-order valence-electron chi connectivity index (χ1n) is 6.56. The lowest BCUT2D eigenvalue weighted by Gasteiger charge is -2.09. The van der Waals surface area contributed by atoms with E-state index in [0.29, 0.717) is 6.04 Å². The summed E-state index contributed by atoms with van der Waals surface area (Å²) in [6.07, 6.45) is 4.66. The highest BCUT2D eigenvalue weighted by molar-refractivity contribution is 5.33. The maximum atomic E-state index is 4.56. The summed E-state index contributed by atoms with van der Waals surface area (Å²) in [4.78, 5) is 4.56. The Morgan fingerprint density at radius 3 is 2.61 bits per heavy atom. The number of hydrogen-bond acceptors (Lipinski definition) is 2. The third kappa shape index (κ3) is 2.55. The summed E-state index contributed by atoms with van der Waals surface area (Å²) >= 11 is 0. The minimum atomic E-state index is 0.642. The van der Waals surface area contributed by atoms with Crippen LogP contribution >= 0.6 is 0 Å². The molecule has 1 aromatic heterocycles. The van der Waals surface area contributed by atoms with Crippen LogP contribution in [0.3, 0.4) is 0 Å². The second-order valence-corrected chi connectivity index (χ2v) is 5.24. The Kier molecular flexibility index (Phi) is 2.82. The molecule has 1 aromatic carbocycles. The van der Waals surface area contributed by atoms with Crippen LogP contribution in [0.15, 0.2) is 30.5 Å². The highest BCUT2D eigenvalue weighted by atomic mass is 15.2. The van der Waals surface area contributed by atoms with Crippen molar-refractivity contribution >= 4 is 5.95 Å². The molecule has 0 saturated heterocycles. The van der Waals surface area contributed by atoms with Crippen molar-refractivity contribution in [2.75, 3.05) is 5.32 Å². The molecule has 1 saturated carbocycles. The maximum Gasteiger partial charge on any atom is 0.203 e. The molecular weight excluding hydrogens is 222 g/mol. The zero-order valence-corrected chi connectivity index (χ0v) is 11.0. The van der Waals surface area contributed by atoms with Crippen LogP contribution in [0.2, 0.25) is 0 Å². The van der Waals surface area contributed by atoms with Gasteiger partial charge in [0.05, 0.1) is 12.2 Å². The highest BCUT2D eigenvalue weighted by Gasteiger charge is 2.22. The van der Waals surface area contributed by atoms with Gasteiger partial charge in [0.2, 0.25) is 5.95 Å². The van der Waals surface area contributed by atoms with Crippen LogP contribution in [0.25, 0.3) is 0 Å². The lowest BCUT2D eigenvalue weighted by Crippen LogP contribution is -2.09.